The van der Waals surface area contributed by atoms with Crippen LogP contribution in [0.2, 0.25) is 10.0 Å². The Morgan fingerprint density at radius 3 is 2.86 bits per heavy atom. The van der Waals surface area contributed by atoms with Crippen LogP contribution in [0.1, 0.15) is 12.0 Å². The van der Waals surface area contributed by atoms with Gasteiger partial charge >= 0.3 is 0 Å². The van der Waals surface area contributed by atoms with Gasteiger partial charge in [-0.3, -0.25) is 4.99 Å². The molecule has 1 aromatic rings. The number of benzene rings is 1. The molecule has 1 N–H and O–H groups in total. The predicted molar refractivity (Wildman–Crippen MR) is 104 cm³/mol. The van der Waals surface area contributed by atoms with E-state index in [-0.39, 0.29) is 24.0 Å². The van der Waals surface area contributed by atoms with Gasteiger partial charge in [0.25, 0.3) is 0 Å². The van der Waals surface area contributed by atoms with Crippen molar-refractivity contribution in [2.45, 2.75) is 13.0 Å². The number of nitrogens with zero attached hydrogens (tertiary/aromatic N) is 2. The van der Waals surface area contributed by atoms with E-state index in [1.54, 1.807) is 20.2 Å². The molecule has 1 fully saturated rings. The zero-order chi connectivity index (χ0) is 15.2. The average molecular weight is 458 g/mol. The summed E-state index contributed by atoms with van der Waals surface area (Å²) in [6, 6.07) is 5.54. The lowest BCUT2D eigenvalue weighted by Crippen LogP contribution is -2.39. The molecule has 0 bridgehead atoms. The Morgan fingerprint density at radius 1 is 1.45 bits per heavy atom. The highest BCUT2D eigenvalue weighted by molar-refractivity contribution is 14.0. The molecule has 1 aromatic carbocycles. The molecule has 1 heterocycles. The van der Waals surface area contributed by atoms with Crippen LogP contribution in [0.25, 0.3) is 0 Å². The van der Waals surface area contributed by atoms with Crippen molar-refractivity contribution in [3.63, 3.8) is 0 Å². The fourth-order valence-corrected chi connectivity index (χ4v) is 3.04. The minimum atomic E-state index is 0. The molecule has 0 aliphatic carbocycles. The Hall–Kier alpha value is -0.240. The van der Waals surface area contributed by atoms with Gasteiger partial charge in [0.15, 0.2) is 5.96 Å². The molecular weight excluding hydrogens is 436 g/mol. The van der Waals surface area contributed by atoms with Crippen LogP contribution in [-0.4, -0.2) is 44.7 Å². The van der Waals surface area contributed by atoms with Gasteiger partial charge in [-0.1, -0.05) is 29.3 Å². The van der Waals surface area contributed by atoms with Crippen LogP contribution in [0.5, 0.6) is 0 Å². The summed E-state index contributed by atoms with van der Waals surface area (Å²) in [5.41, 5.74) is 1.01. The van der Waals surface area contributed by atoms with Crippen molar-refractivity contribution in [3.05, 3.63) is 33.8 Å². The van der Waals surface area contributed by atoms with Gasteiger partial charge in [-0.05, 0) is 24.1 Å². The number of guanidine groups is 1. The molecule has 22 heavy (non-hydrogen) atoms. The van der Waals surface area contributed by atoms with Gasteiger partial charge in [0, 0.05) is 49.8 Å². The number of halogens is 3. The molecule has 4 nitrogen and oxygen atoms in total. The lowest BCUT2D eigenvalue weighted by molar-refractivity contribution is 0.157. The smallest absolute Gasteiger partial charge is 0.193 e. The Balaban J connectivity index is 0.00000242. The summed E-state index contributed by atoms with van der Waals surface area (Å²) in [5, 5.41) is 4.68. The molecule has 0 saturated carbocycles. The van der Waals surface area contributed by atoms with Gasteiger partial charge in [-0.25, -0.2) is 0 Å². The molecule has 1 aliphatic rings. The fraction of sp³-hybridized carbons (Fsp3) is 0.533. The largest absolute Gasteiger partial charge is 0.384 e. The maximum absolute atomic E-state index is 6.19. The van der Waals surface area contributed by atoms with Gasteiger partial charge < -0.3 is 15.0 Å². The molecule has 0 radical (unpaired) electrons. The molecule has 1 atom stereocenters. The third-order valence-corrected chi connectivity index (χ3v) is 4.24. The van der Waals surface area contributed by atoms with Crippen LogP contribution in [0.15, 0.2) is 23.2 Å². The summed E-state index contributed by atoms with van der Waals surface area (Å²) < 4.78 is 5.23. The predicted octanol–water partition coefficient (Wildman–Crippen LogP) is 3.66. The number of rotatable bonds is 4. The molecule has 0 aromatic heterocycles. The number of hydrogen-bond donors (Lipinski definition) is 1. The standard InChI is InChI=1S/C15H21Cl2N3O.HI/c1-18-15(20-6-5-11(9-20)10-21-2)19-8-12-3-4-13(16)7-14(12)17;/h3-4,7,11H,5-6,8-10H2,1-2H3,(H,18,19);1H. The Morgan fingerprint density at radius 2 is 2.23 bits per heavy atom. The zero-order valence-electron chi connectivity index (χ0n) is 12.8. The Kier molecular flexibility index (Phi) is 8.82. The number of aliphatic imine (C=N–C) groups is 1. The van der Waals surface area contributed by atoms with E-state index in [9.17, 15) is 0 Å². The molecule has 1 unspecified atom stereocenters. The molecule has 1 saturated heterocycles. The molecule has 0 spiro atoms. The van der Waals surface area contributed by atoms with Crippen molar-refractivity contribution >= 4 is 53.1 Å². The number of nitrogens with one attached hydrogen (secondary N) is 1. The summed E-state index contributed by atoms with van der Waals surface area (Å²) in [4.78, 5) is 6.61. The first kappa shape index (κ1) is 19.8. The molecule has 2 rings (SSSR count). The van der Waals surface area contributed by atoms with E-state index in [0.29, 0.717) is 22.5 Å². The van der Waals surface area contributed by atoms with Crippen molar-refractivity contribution < 1.29 is 4.74 Å². The van der Waals surface area contributed by atoms with Gasteiger partial charge in [-0.15, -0.1) is 24.0 Å². The van der Waals surface area contributed by atoms with Crippen molar-refractivity contribution in [3.8, 4) is 0 Å². The van der Waals surface area contributed by atoms with Crippen LogP contribution >= 0.6 is 47.2 Å². The maximum atomic E-state index is 6.19. The zero-order valence-corrected chi connectivity index (χ0v) is 16.7. The second-order valence-corrected chi connectivity index (χ2v) is 6.04. The monoisotopic (exact) mass is 457 g/mol. The van der Waals surface area contributed by atoms with E-state index >= 15 is 0 Å². The van der Waals surface area contributed by atoms with Crippen molar-refractivity contribution in [2.75, 3.05) is 33.9 Å². The summed E-state index contributed by atoms with van der Waals surface area (Å²) in [6.45, 7) is 3.41. The lowest BCUT2D eigenvalue weighted by atomic mass is 10.1. The van der Waals surface area contributed by atoms with Gasteiger partial charge in [-0.2, -0.15) is 0 Å². The fourth-order valence-electron chi connectivity index (χ4n) is 2.57. The maximum Gasteiger partial charge on any atom is 0.193 e. The molecular formula is C15H22Cl2IN3O. The van der Waals surface area contributed by atoms with Crippen LogP contribution in [0.4, 0.5) is 0 Å². The van der Waals surface area contributed by atoms with Crippen molar-refractivity contribution in [1.29, 1.82) is 0 Å². The van der Waals surface area contributed by atoms with Crippen LogP contribution in [-0.2, 0) is 11.3 Å². The summed E-state index contributed by atoms with van der Waals surface area (Å²) in [7, 11) is 3.55. The topological polar surface area (TPSA) is 36.9 Å². The van der Waals surface area contributed by atoms with Crippen LogP contribution < -0.4 is 5.32 Å². The molecule has 1 aliphatic heterocycles. The van der Waals surface area contributed by atoms with E-state index in [4.69, 9.17) is 27.9 Å². The van der Waals surface area contributed by atoms with E-state index in [1.807, 2.05) is 12.1 Å². The number of methoxy groups -OCH3 is 1. The third kappa shape index (κ3) is 5.44. The van der Waals surface area contributed by atoms with E-state index < -0.39 is 0 Å². The number of hydrogen-bond acceptors (Lipinski definition) is 2. The van der Waals surface area contributed by atoms with Gasteiger partial charge in [0.05, 0.1) is 6.61 Å². The average Bonchev–Trinajstić information content (AvgIpc) is 2.90. The summed E-state index contributed by atoms with van der Waals surface area (Å²) in [6.07, 6.45) is 1.14. The third-order valence-electron chi connectivity index (χ3n) is 3.65. The van der Waals surface area contributed by atoms with E-state index in [2.05, 4.69) is 15.2 Å². The van der Waals surface area contributed by atoms with Gasteiger partial charge in [0.1, 0.15) is 0 Å². The van der Waals surface area contributed by atoms with E-state index in [0.717, 1.165) is 37.6 Å². The minimum absolute atomic E-state index is 0. The van der Waals surface area contributed by atoms with Crippen LogP contribution in [0.3, 0.4) is 0 Å². The normalized spacial score (nSPS) is 18.3. The summed E-state index contributed by atoms with van der Waals surface area (Å²) >= 11 is 12.1. The minimum Gasteiger partial charge on any atom is -0.384 e. The molecule has 124 valence electrons. The Bertz CT molecular complexity index is 514. The highest BCUT2D eigenvalue weighted by Crippen LogP contribution is 2.21. The van der Waals surface area contributed by atoms with Crippen molar-refractivity contribution in [2.24, 2.45) is 10.9 Å². The number of likely N-dealkylation sites (tertiary alicyclic amines) is 1. The van der Waals surface area contributed by atoms with Gasteiger partial charge in [0.2, 0.25) is 0 Å². The highest BCUT2D eigenvalue weighted by Gasteiger charge is 2.24. The molecule has 7 heteroatoms. The highest BCUT2D eigenvalue weighted by atomic mass is 127. The second-order valence-electron chi connectivity index (χ2n) is 5.19. The first-order valence-electron chi connectivity index (χ1n) is 7.02. The second kappa shape index (κ2) is 9.80. The first-order valence-corrected chi connectivity index (χ1v) is 7.78. The summed E-state index contributed by atoms with van der Waals surface area (Å²) in [5.74, 6) is 1.48. The SMILES string of the molecule is CN=C(NCc1ccc(Cl)cc1Cl)N1CCC(COC)C1.I. The Labute approximate surface area is 159 Å². The number of ether oxygens (including phenoxy) is 1. The van der Waals surface area contributed by atoms with E-state index in [1.165, 1.54) is 0 Å². The van der Waals surface area contributed by atoms with Crippen LogP contribution in [0, 0.1) is 5.92 Å². The quantitative estimate of drug-likeness (QED) is 0.426. The molecule has 0 amide bonds. The first-order chi connectivity index (χ1) is 10.1. The lowest BCUT2D eigenvalue weighted by Gasteiger charge is -2.22. The van der Waals surface area contributed by atoms with Crippen molar-refractivity contribution in [1.82, 2.24) is 10.2 Å².